The number of allylic oxidation sites excluding steroid dienone is 2. The Morgan fingerprint density at radius 2 is 2.15 bits per heavy atom. The molecule has 3 rings (SSSR count). The number of carbonyl (C=O) groups excluding carboxylic acids is 1. The highest BCUT2D eigenvalue weighted by Gasteiger charge is 2.36. The van der Waals surface area contributed by atoms with Gasteiger partial charge in [0, 0.05) is 19.2 Å². The molecule has 33 heavy (non-hydrogen) atoms. The lowest BCUT2D eigenvalue weighted by Gasteiger charge is -2.31. The van der Waals surface area contributed by atoms with Crippen LogP contribution in [0.4, 0.5) is 17.6 Å². The average Bonchev–Trinajstić information content (AvgIpc) is 2.79. The predicted octanol–water partition coefficient (Wildman–Crippen LogP) is 3.13. The Labute approximate surface area is 190 Å². The number of carbonyl (C=O) groups is 1. The molecule has 0 amide bonds. The maximum Gasteiger partial charge on any atom is 0.420 e. The molecule has 0 saturated heterocycles. The molecule has 8 nitrogen and oxygen atoms in total. The number of aromatic nitrogens is 2. The monoisotopic (exact) mass is 487 g/mol. The lowest BCUT2D eigenvalue weighted by molar-refractivity contribution is -0.138. The molecule has 0 unspecified atom stereocenters. The van der Waals surface area contributed by atoms with Gasteiger partial charge in [-0.1, -0.05) is 11.6 Å². The van der Waals surface area contributed by atoms with E-state index in [9.17, 15) is 27.5 Å². The van der Waals surface area contributed by atoms with Crippen LogP contribution >= 0.6 is 11.6 Å². The number of hydrazone groups is 1. The number of fused-ring (bicyclic) bond motifs is 1. The molecule has 1 aromatic carbocycles. The third-order valence-corrected chi connectivity index (χ3v) is 4.96. The van der Waals surface area contributed by atoms with Crippen molar-refractivity contribution < 1.29 is 32.2 Å². The summed E-state index contributed by atoms with van der Waals surface area (Å²) >= 11 is 6.01. The van der Waals surface area contributed by atoms with Gasteiger partial charge in [0.15, 0.2) is 12.1 Å². The number of rotatable bonds is 7. The van der Waals surface area contributed by atoms with Crippen LogP contribution in [0.2, 0.25) is 0 Å². The number of halogens is 5. The van der Waals surface area contributed by atoms with Gasteiger partial charge in [-0.25, -0.2) is 9.37 Å². The summed E-state index contributed by atoms with van der Waals surface area (Å²) in [5, 5.41) is 13.3. The van der Waals surface area contributed by atoms with Crippen molar-refractivity contribution in [2.45, 2.75) is 25.7 Å². The van der Waals surface area contributed by atoms with Crippen molar-refractivity contribution in [3.8, 4) is 11.6 Å². The number of aliphatic hydroxyl groups is 1. The first-order chi connectivity index (χ1) is 15.7. The zero-order valence-corrected chi connectivity index (χ0v) is 17.9. The van der Waals surface area contributed by atoms with Gasteiger partial charge in [-0.3, -0.25) is 4.79 Å². The van der Waals surface area contributed by atoms with E-state index < -0.39 is 29.9 Å². The van der Waals surface area contributed by atoms with Crippen molar-refractivity contribution in [2.24, 2.45) is 5.10 Å². The molecular weight excluding hydrogens is 470 g/mol. The van der Waals surface area contributed by atoms with Crippen LogP contribution in [0.5, 0.6) is 11.6 Å². The van der Waals surface area contributed by atoms with Crippen molar-refractivity contribution in [3.63, 3.8) is 0 Å². The first kappa shape index (κ1) is 24.4. The fourth-order valence-electron chi connectivity index (χ4n) is 3.20. The maximum absolute atomic E-state index is 13.4. The number of nitrogens with zero attached hydrogens (tertiary/aromatic N) is 4. The fourth-order valence-corrected chi connectivity index (χ4v) is 3.37. The lowest BCUT2D eigenvalue weighted by atomic mass is 10.0. The third kappa shape index (κ3) is 5.57. The summed E-state index contributed by atoms with van der Waals surface area (Å²) in [6, 6.07) is 2.03. The second-order valence-corrected chi connectivity index (χ2v) is 7.18. The van der Waals surface area contributed by atoms with Gasteiger partial charge < -0.3 is 20.2 Å². The van der Waals surface area contributed by atoms with Crippen LogP contribution in [0.3, 0.4) is 0 Å². The molecule has 0 bridgehead atoms. The number of aliphatic hydroxyl groups excluding tert-OH is 1. The molecule has 0 radical (unpaired) electrons. The van der Waals surface area contributed by atoms with Crippen molar-refractivity contribution in [3.05, 3.63) is 57.4 Å². The number of hydrogen-bond acceptors (Lipinski definition) is 8. The summed E-state index contributed by atoms with van der Waals surface area (Å²) in [5.74, 6) is -1.98. The minimum absolute atomic E-state index is 0.0859. The standard InChI is InChI=1S/C20H18ClF4N5O3/c1-26-27-7-16(14(21)9-31)30-5-4-12-15(8-30)28-18(10-32)29-19(12)33-17-3-2-11(22)6-13(17)20(23,24)25/h2-3,6-7,9,26,32H,4-5,8,10H2,1H3/b16-14-,27-7-. The molecule has 0 atom stereocenters. The Morgan fingerprint density at radius 3 is 2.79 bits per heavy atom. The predicted molar refractivity (Wildman–Crippen MR) is 110 cm³/mol. The topological polar surface area (TPSA) is 99.9 Å². The van der Waals surface area contributed by atoms with Gasteiger partial charge in [0.1, 0.15) is 28.8 Å². The van der Waals surface area contributed by atoms with E-state index in [0.29, 0.717) is 29.3 Å². The van der Waals surface area contributed by atoms with E-state index in [1.807, 2.05) is 0 Å². The molecule has 1 aliphatic rings. The van der Waals surface area contributed by atoms with E-state index >= 15 is 0 Å². The Balaban J connectivity index is 2.02. The molecule has 13 heteroatoms. The van der Waals surface area contributed by atoms with Crippen LogP contribution in [0.15, 0.2) is 34.0 Å². The molecule has 1 aliphatic heterocycles. The van der Waals surface area contributed by atoms with E-state index in [1.165, 1.54) is 6.21 Å². The van der Waals surface area contributed by atoms with Crippen molar-refractivity contribution in [1.29, 1.82) is 0 Å². The lowest BCUT2D eigenvalue weighted by Crippen LogP contribution is -2.33. The van der Waals surface area contributed by atoms with Crippen LogP contribution in [0.1, 0.15) is 22.6 Å². The van der Waals surface area contributed by atoms with E-state index in [4.69, 9.17) is 16.3 Å². The number of ether oxygens (including phenoxy) is 1. The van der Waals surface area contributed by atoms with Crippen molar-refractivity contribution in [2.75, 3.05) is 13.6 Å². The highest BCUT2D eigenvalue weighted by molar-refractivity contribution is 6.40. The summed E-state index contributed by atoms with van der Waals surface area (Å²) in [5.41, 5.74) is 2.32. The van der Waals surface area contributed by atoms with Gasteiger partial charge in [-0.05, 0) is 24.6 Å². The molecule has 0 aliphatic carbocycles. The molecule has 176 valence electrons. The number of benzene rings is 1. The van der Waals surface area contributed by atoms with E-state index in [1.54, 1.807) is 11.9 Å². The SMILES string of the molecule is CN/N=C\C(=C(\Cl)C=O)N1CCc2c(nc(CO)nc2Oc2ccc(F)cc2C(F)(F)F)C1. The summed E-state index contributed by atoms with van der Waals surface area (Å²) in [6.45, 7) is -0.222. The van der Waals surface area contributed by atoms with E-state index in [2.05, 4.69) is 20.5 Å². The van der Waals surface area contributed by atoms with Crippen LogP contribution in [-0.2, 0) is 30.5 Å². The normalized spacial score (nSPS) is 14.7. The number of aldehydes is 1. The minimum Gasteiger partial charge on any atom is -0.438 e. The van der Waals surface area contributed by atoms with Gasteiger partial charge >= 0.3 is 6.18 Å². The van der Waals surface area contributed by atoms with Gasteiger partial charge in [-0.2, -0.15) is 23.3 Å². The van der Waals surface area contributed by atoms with Gasteiger partial charge in [0.25, 0.3) is 0 Å². The molecule has 1 aromatic heterocycles. The second-order valence-electron chi connectivity index (χ2n) is 6.77. The average molecular weight is 488 g/mol. The molecule has 2 heterocycles. The highest BCUT2D eigenvalue weighted by atomic mass is 35.5. The zero-order valence-electron chi connectivity index (χ0n) is 17.2. The third-order valence-electron chi connectivity index (χ3n) is 4.67. The summed E-state index contributed by atoms with van der Waals surface area (Å²) in [7, 11) is 1.56. The first-order valence-corrected chi connectivity index (χ1v) is 9.89. The van der Waals surface area contributed by atoms with Gasteiger partial charge in [-0.15, -0.1) is 0 Å². The molecule has 2 N–H and O–H groups in total. The number of alkyl halides is 3. The molecule has 0 fully saturated rings. The van der Waals surface area contributed by atoms with Gasteiger partial charge in [0.2, 0.25) is 5.88 Å². The number of nitrogens with one attached hydrogen (secondary N) is 1. The maximum atomic E-state index is 13.4. The van der Waals surface area contributed by atoms with Crippen LogP contribution < -0.4 is 10.2 Å². The molecule has 2 aromatic rings. The zero-order chi connectivity index (χ0) is 24.2. The summed E-state index contributed by atoms with van der Waals surface area (Å²) in [4.78, 5) is 21.1. The second kappa shape index (κ2) is 10.1. The van der Waals surface area contributed by atoms with E-state index in [-0.39, 0.29) is 36.2 Å². The minimum atomic E-state index is -4.86. The molecule has 0 saturated carbocycles. The largest absolute Gasteiger partial charge is 0.438 e. The Bertz CT molecular complexity index is 1110. The Kier molecular flexibility index (Phi) is 7.49. The molecule has 0 spiro atoms. The fraction of sp³-hybridized carbons (Fsp3) is 0.300. The number of hydrogen-bond donors (Lipinski definition) is 2. The molecular formula is C20H18ClF4N5O3. The van der Waals surface area contributed by atoms with Crippen molar-refractivity contribution in [1.82, 2.24) is 20.3 Å². The highest BCUT2D eigenvalue weighted by Crippen LogP contribution is 2.39. The quantitative estimate of drug-likeness (QED) is 0.203. The van der Waals surface area contributed by atoms with Crippen LogP contribution in [0, 0.1) is 5.82 Å². The van der Waals surface area contributed by atoms with Crippen molar-refractivity contribution >= 4 is 24.1 Å². The van der Waals surface area contributed by atoms with Gasteiger partial charge in [0.05, 0.1) is 24.2 Å². The van der Waals surface area contributed by atoms with E-state index in [0.717, 1.165) is 12.1 Å². The summed E-state index contributed by atoms with van der Waals surface area (Å²) < 4.78 is 59.0. The Morgan fingerprint density at radius 1 is 1.39 bits per heavy atom. The first-order valence-electron chi connectivity index (χ1n) is 9.51. The Hall–Kier alpha value is -3.25. The van der Waals surface area contributed by atoms with Crippen LogP contribution in [0.25, 0.3) is 0 Å². The summed E-state index contributed by atoms with van der Waals surface area (Å²) in [6.07, 6.45) is -2.84. The smallest absolute Gasteiger partial charge is 0.420 e. The van der Waals surface area contributed by atoms with Crippen LogP contribution in [-0.4, -0.2) is 46.1 Å².